The zero-order valence-electron chi connectivity index (χ0n) is 22.7. The van der Waals surface area contributed by atoms with Crippen molar-refractivity contribution in [2.24, 2.45) is 11.3 Å². The zero-order valence-corrected chi connectivity index (χ0v) is 24.4. The summed E-state index contributed by atoms with van der Waals surface area (Å²) in [7, 11) is -4.16. The van der Waals surface area contributed by atoms with Crippen LogP contribution in [0.15, 0.2) is 21.9 Å². The van der Waals surface area contributed by atoms with Gasteiger partial charge in [0.25, 0.3) is 5.56 Å². The van der Waals surface area contributed by atoms with E-state index in [4.69, 9.17) is 18.5 Å². The van der Waals surface area contributed by atoms with Crippen molar-refractivity contribution in [2.75, 3.05) is 19.0 Å². The Bertz CT molecular complexity index is 1130. The van der Waals surface area contributed by atoms with Gasteiger partial charge >= 0.3 is 19.4 Å². The lowest BCUT2D eigenvalue weighted by atomic mass is 10.00. The van der Waals surface area contributed by atoms with Crippen molar-refractivity contribution < 1.29 is 37.8 Å². The van der Waals surface area contributed by atoms with E-state index in [-0.39, 0.29) is 17.5 Å². The molecule has 38 heavy (non-hydrogen) atoms. The molecule has 15 heteroatoms. The third-order valence-corrected chi connectivity index (χ3v) is 8.43. The summed E-state index contributed by atoms with van der Waals surface area (Å²) in [6.07, 6.45) is -2.19. The van der Waals surface area contributed by atoms with Crippen LogP contribution in [0.2, 0.25) is 0 Å². The van der Waals surface area contributed by atoms with E-state index < -0.39 is 73.5 Å². The molecule has 1 aliphatic rings. The number of hydrogen-bond acceptors (Lipinski definition) is 11. The van der Waals surface area contributed by atoms with Crippen LogP contribution in [0, 0.1) is 11.3 Å². The minimum absolute atomic E-state index is 0.0707. The van der Waals surface area contributed by atoms with E-state index in [1.807, 2.05) is 0 Å². The van der Waals surface area contributed by atoms with Crippen LogP contribution in [-0.4, -0.2) is 69.1 Å². The van der Waals surface area contributed by atoms with Gasteiger partial charge < -0.3 is 14.6 Å². The van der Waals surface area contributed by atoms with Crippen LogP contribution in [0.5, 0.6) is 0 Å². The van der Waals surface area contributed by atoms with Gasteiger partial charge in [0, 0.05) is 29.3 Å². The van der Waals surface area contributed by atoms with Gasteiger partial charge in [0.1, 0.15) is 18.4 Å². The zero-order chi connectivity index (χ0) is 28.8. The van der Waals surface area contributed by atoms with Crippen LogP contribution < -0.4 is 16.3 Å². The van der Waals surface area contributed by atoms with Crippen LogP contribution >= 0.6 is 19.5 Å². The third-order valence-electron chi connectivity index (χ3n) is 5.46. The summed E-state index contributed by atoms with van der Waals surface area (Å²) in [5.74, 6) is -1.07. The highest BCUT2D eigenvalue weighted by atomic mass is 32.2. The molecule has 13 nitrogen and oxygen atoms in total. The monoisotopic (exact) mass is 579 g/mol. The number of ether oxygens (including phenoxy) is 2. The second-order valence-electron chi connectivity index (χ2n) is 10.3. The maximum absolute atomic E-state index is 13.6. The van der Waals surface area contributed by atoms with Crippen molar-refractivity contribution in [3.8, 4) is 0 Å². The topological polar surface area (TPSA) is 175 Å². The van der Waals surface area contributed by atoms with Crippen molar-refractivity contribution in [3.05, 3.63) is 33.1 Å². The van der Waals surface area contributed by atoms with Gasteiger partial charge in [0.2, 0.25) is 0 Å². The summed E-state index contributed by atoms with van der Waals surface area (Å²) >= 11 is 1.02. The summed E-state index contributed by atoms with van der Waals surface area (Å²) in [5, 5.41) is 13.2. The quantitative estimate of drug-likeness (QED) is 0.186. The average Bonchev–Trinajstić information content (AvgIpc) is 3.08. The van der Waals surface area contributed by atoms with Gasteiger partial charge in [0.15, 0.2) is 5.12 Å². The molecule has 2 rings (SSSR count). The lowest BCUT2D eigenvalue weighted by Gasteiger charge is -2.25. The number of hydrogen-bond donors (Lipinski definition) is 3. The van der Waals surface area contributed by atoms with E-state index >= 15 is 0 Å². The molecule has 0 saturated carbocycles. The molecule has 3 N–H and O–H groups in total. The average molecular weight is 580 g/mol. The number of nitrogens with one attached hydrogen (secondary N) is 2. The van der Waals surface area contributed by atoms with Gasteiger partial charge in [-0.15, -0.1) is 0 Å². The number of rotatable bonds is 12. The number of nitrogens with zero attached hydrogens (tertiary/aromatic N) is 1. The standard InChI is InChI=1S/C23H38N3O10PS/c1-13(2)35-20(29)15(4)25-37(32,33-10-11-38-21(30)23(5,6)7)34-12-16-18(28)14(3)19(36-16)26-9-8-17(27)24-22(26)31/h8-9,13-16,18-19,28H,10-12H2,1-7H3,(H,25,32)(H,24,27,31)/t14-,15+,16+,18-,19+,37-/m0/s1. The molecule has 1 aromatic heterocycles. The molecule has 0 radical (unpaired) electrons. The van der Waals surface area contributed by atoms with Gasteiger partial charge in [-0.25, -0.2) is 14.4 Å². The predicted octanol–water partition coefficient (Wildman–Crippen LogP) is 1.81. The minimum Gasteiger partial charge on any atom is -0.462 e. The van der Waals surface area contributed by atoms with Crippen LogP contribution in [0.1, 0.15) is 54.7 Å². The highest BCUT2D eigenvalue weighted by molar-refractivity contribution is 8.13. The van der Waals surface area contributed by atoms with E-state index in [0.717, 1.165) is 22.4 Å². The summed E-state index contributed by atoms with van der Waals surface area (Å²) in [6, 6.07) is 0.0903. The number of aromatic amines is 1. The number of aliphatic hydroxyl groups excluding tert-OH is 1. The van der Waals surface area contributed by atoms with Crippen LogP contribution in [-0.2, 0) is 32.7 Å². The Kier molecular flexibility index (Phi) is 11.5. The first-order chi connectivity index (χ1) is 17.5. The van der Waals surface area contributed by atoms with E-state index in [1.165, 1.54) is 13.1 Å². The molecule has 1 fully saturated rings. The maximum Gasteiger partial charge on any atom is 0.406 e. The van der Waals surface area contributed by atoms with E-state index in [2.05, 4.69) is 10.1 Å². The van der Waals surface area contributed by atoms with Crippen molar-refractivity contribution in [1.29, 1.82) is 0 Å². The van der Waals surface area contributed by atoms with Crippen molar-refractivity contribution in [1.82, 2.24) is 14.6 Å². The SMILES string of the molecule is CC(C)OC(=O)[C@@H](C)N[P@](=O)(OCCSC(=O)C(C)(C)C)OC[C@H]1O[C@@H](n2ccc(=O)[nH]c2=O)[C@@H](C)[C@@H]1O. The second kappa shape index (κ2) is 13.5. The number of carbonyl (C=O) groups is 2. The van der Waals surface area contributed by atoms with Gasteiger partial charge in [-0.3, -0.25) is 33.0 Å². The van der Waals surface area contributed by atoms with Gasteiger partial charge in [-0.1, -0.05) is 39.5 Å². The Labute approximate surface area is 225 Å². The molecular weight excluding hydrogens is 541 g/mol. The van der Waals surface area contributed by atoms with E-state index in [9.17, 15) is 28.8 Å². The molecule has 1 aliphatic heterocycles. The molecule has 216 valence electrons. The number of thioether (sulfide) groups is 1. The second-order valence-corrected chi connectivity index (χ2v) is 13.1. The van der Waals surface area contributed by atoms with Gasteiger partial charge in [0.05, 0.1) is 25.4 Å². The first-order valence-electron chi connectivity index (χ1n) is 12.2. The Balaban J connectivity index is 2.11. The normalized spacial score (nSPS) is 24.2. The molecule has 6 atom stereocenters. The number of carbonyl (C=O) groups excluding carboxylic acids is 2. The van der Waals surface area contributed by atoms with Crippen LogP contribution in [0.4, 0.5) is 0 Å². The smallest absolute Gasteiger partial charge is 0.406 e. The lowest BCUT2D eigenvalue weighted by molar-refractivity contribution is -0.149. The Morgan fingerprint density at radius 2 is 1.92 bits per heavy atom. The predicted molar refractivity (Wildman–Crippen MR) is 141 cm³/mol. The first-order valence-corrected chi connectivity index (χ1v) is 14.8. The van der Waals surface area contributed by atoms with Gasteiger partial charge in [-0.05, 0) is 20.8 Å². The Morgan fingerprint density at radius 3 is 2.50 bits per heavy atom. The lowest BCUT2D eigenvalue weighted by Crippen LogP contribution is -2.37. The number of esters is 1. The Morgan fingerprint density at radius 1 is 1.26 bits per heavy atom. The number of aromatic nitrogens is 2. The van der Waals surface area contributed by atoms with Crippen LogP contribution in [0.3, 0.4) is 0 Å². The molecule has 0 spiro atoms. The Hall–Kier alpha value is -1.80. The van der Waals surface area contributed by atoms with E-state index in [0.29, 0.717) is 0 Å². The fourth-order valence-electron chi connectivity index (χ4n) is 3.39. The molecule has 0 aromatic carbocycles. The minimum atomic E-state index is -4.16. The molecule has 1 saturated heterocycles. The molecular formula is C23H38N3O10PS. The fraction of sp³-hybridized carbons (Fsp3) is 0.739. The summed E-state index contributed by atoms with van der Waals surface area (Å²) in [6.45, 7) is 11.2. The maximum atomic E-state index is 13.6. The highest BCUT2D eigenvalue weighted by Crippen LogP contribution is 2.46. The van der Waals surface area contributed by atoms with Crippen molar-refractivity contribution in [3.63, 3.8) is 0 Å². The number of H-pyrrole nitrogens is 1. The molecule has 0 aliphatic carbocycles. The number of aliphatic hydroxyl groups is 1. The van der Waals surface area contributed by atoms with E-state index in [1.54, 1.807) is 41.5 Å². The highest BCUT2D eigenvalue weighted by Gasteiger charge is 2.44. The molecule has 0 amide bonds. The first kappa shape index (κ1) is 32.4. The van der Waals surface area contributed by atoms with Gasteiger partial charge in [-0.2, -0.15) is 0 Å². The largest absolute Gasteiger partial charge is 0.462 e. The van der Waals surface area contributed by atoms with Crippen LogP contribution in [0.25, 0.3) is 0 Å². The summed E-state index contributed by atoms with van der Waals surface area (Å²) in [4.78, 5) is 50.1. The van der Waals surface area contributed by atoms with Crippen molar-refractivity contribution in [2.45, 2.75) is 79.0 Å². The molecule has 0 unspecified atom stereocenters. The third kappa shape index (κ3) is 9.15. The van der Waals surface area contributed by atoms with Crippen molar-refractivity contribution >= 4 is 30.6 Å². The molecule has 1 aromatic rings. The summed E-state index contributed by atoms with van der Waals surface area (Å²) in [5.41, 5.74) is -1.85. The molecule has 0 bridgehead atoms. The summed E-state index contributed by atoms with van der Waals surface area (Å²) < 4.78 is 36.7. The fourth-order valence-corrected chi connectivity index (χ4v) is 5.78. The molecule has 2 heterocycles.